The predicted octanol–water partition coefficient (Wildman–Crippen LogP) is 3.18. The van der Waals surface area contributed by atoms with E-state index in [-0.39, 0.29) is 6.04 Å². The molecule has 1 aliphatic rings. The Morgan fingerprint density at radius 1 is 1.30 bits per heavy atom. The zero-order valence-electron chi connectivity index (χ0n) is 12.6. The van der Waals surface area contributed by atoms with E-state index in [1.807, 2.05) is 30.5 Å². The number of aromatic amines is 1. The van der Waals surface area contributed by atoms with Gasteiger partial charge in [0.1, 0.15) is 10.8 Å². The van der Waals surface area contributed by atoms with Gasteiger partial charge in [0.05, 0.1) is 24.9 Å². The van der Waals surface area contributed by atoms with Crippen molar-refractivity contribution in [3.8, 4) is 0 Å². The van der Waals surface area contributed by atoms with Crippen LogP contribution < -0.4 is 0 Å². The van der Waals surface area contributed by atoms with Crippen molar-refractivity contribution >= 4 is 22.6 Å². The fourth-order valence-electron chi connectivity index (χ4n) is 3.02. The molecule has 23 heavy (non-hydrogen) atoms. The van der Waals surface area contributed by atoms with Crippen molar-refractivity contribution in [2.75, 3.05) is 19.8 Å². The molecule has 0 aliphatic carbocycles. The number of hydrogen-bond donors (Lipinski definition) is 1. The third kappa shape index (κ3) is 3.08. The molecule has 0 aromatic carbocycles. The molecule has 3 aromatic heterocycles. The molecule has 0 amide bonds. The molecule has 5 nitrogen and oxygen atoms in total. The summed E-state index contributed by atoms with van der Waals surface area (Å²) in [4.78, 5) is 14.6. The van der Waals surface area contributed by atoms with E-state index < -0.39 is 0 Å². The lowest BCUT2D eigenvalue weighted by molar-refractivity contribution is -0.0147. The van der Waals surface area contributed by atoms with Gasteiger partial charge >= 0.3 is 0 Å². The van der Waals surface area contributed by atoms with E-state index in [0.717, 1.165) is 42.1 Å². The molecule has 0 unspecified atom stereocenters. The summed E-state index contributed by atoms with van der Waals surface area (Å²) >= 11 is 5.96. The number of ether oxygens (including phenoxy) is 1. The number of rotatable bonds is 3. The fraction of sp³-hybridized carbons (Fsp3) is 0.294. The molecule has 3 aromatic rings. The maximum atomic E-state index is 5.96. The number of hydrogen-bond acceptors (Lipinski definition) is 4. The molecule has 1 saturated heterocycles. The Balaban J connectivity index is 1.59. The van der Waals surface area contributed by atoms with Crippen molar-refractivity contribution in [2.45, 2.75) is 12.6 Å². The Morgan fingerprint density at radius 2 is 2.26 bits per heavy atom. The lowest BCUT2D eigenvalue weighted by atomic mass is 10.1. The van der Waals surface area contributed by atoms with Crippen LogP contribution in [0.2, 0.25) is 5.15 Å². The van der Waals surface area contributed by atoms with Crippen LogP contribution in [0.15, 0.2) is 42.6 Å². The lowest BCUT2D eigenvalue weighted by Crippen LogP contribution is -2.39. The molecule has 1 aliphatic heterocycles. The number of fused-ring (bicyclic) bond motifs is 1. The van der Waals surface area contributed by atoms with Crippen LogP contribution in [0.25, 0.3) is 11.0 Å². The van der Waals surface area contributed by atoms with Crippen LogP contribution >= 0.6 is 11.6 Å². The smallest absolute Gasteiger partial charge is 0.139 e. The van der Waals surface area contributed by atoms with Gasteiger partial charge in [-0.05, 0) is 30.3 Å². The van der Waals surface area contributed by atoms with E-state index in [9.17, 15) is 0 Å². The molecule has 0 radical (unpaired) electrons. The quantitative estimate of drug-likeness (QED) is 0.750. The minimum atomic E-state index is 0.174. The first-order valence-electron chi connectivity index (χ1n) is 7.66. The van der Waals surface area contributed by atoms with E-state index in [2.05, 4.69) is 32.0 Å². The number of pyridine rings is 2. The fourth-order valence-corrected chi connectivity index (χ4v) is 3.16. The first-order valence-corrected chi connectivity index (χ1v) is 8.04. The molecule has 1 N–H and O–H groups in total. The zero-order chi connectivity index (χ0) is 15.6. The van der Waals surface area contributed by atoms with Gasteiger partial charge in [-0.1, -0.05) is 17.7 Å². The third-order valence-corrected chi connectivity index (χ3v) is 4.35. The first kappa shape index (κ1) is 14.6. The Morgan fingerprint density at radius 3 is 3.13 bits per heavy atom. The molecule has 0 saturated carbocycles. The second kappa shape index (κ2) is 6.28. The predicted molar refractivity (Wildman–Crippen MR) is 89.3 cm³/mol. The molecule has 4 rings (SSSR count). The van der Waals surface area contributed by atoms with Crippen LogP contribution in [-0.2, 0) is 11.3 Å². The normalized spacial score (nSPS) is 19.3. The van der Waals surface area contributed by atoms with Crippen molar-refractivity contribution in [2.24, 2.45) is 0 Å². The monoisotopic (exact) mass is 328 g/mol. The van der Waals surface area contributed by atoms with Gasteiger partial charge < -0.3 is 9.72 Å². The van der Waals surface area contributed by atoms with Crippen LogP contribution in [0.1, 0.15) is 17.4 Å². The second-order valence-electron chi connectivity index (χ2n) is 5.68. The molecule has 1 fully saturated rings. The number of halogens is 1. The summed E-state index contributed by atoms with van der Waals surface area (Å²) in [5.74, 6) is 0. The highest BCUT2D eigenvalue weighted by molar-refractivity contribution is 6.29. The SMILES string of the molecule is Clc1ccc2cc(CN3CCOC[C@@H]3c3ccccn3)[nH]c2n1. The minimum absolute atomic E-state index is 0.174. The van der Waals surface area contributed by atoms with Gasteiger partial charge in [0.15, 0.2) is 0 Å². The summed E-state index contributed by atoms with van der Waals surface area (Å²) in [5.41, 5.74) is 3.00. The molecule has 118 valence electrons. The Hall–Kier alpha value is -1.95. The zero-order valence-corrected chi connectivity index (χ0v) is 13.3. The number of H-pyrrole nitrogens is 1. The van der Waals surface area contributed by atoms with Crippen LogP contribution in [-0.4, -0.2) is 39.6 Å². The van der Waals surface area contributed by atoms with Gasteiger partial charge in [0.2, 0.25) is 0 Å². The highest BCUT2D eigenvalue weighted by Crippen LogP contribution is 2.25. The molecule has 4 heterocycles. The van der Waals surface area contributed by atoms with E-state index >= 15 is 0 Å². The largest absolute Gasteiger partial charge is 0.378 e. The minimum Gasteiger partial charge on any atom is -0.378 e. The van der Waals surface area contributed by atoms with Crippen molar-refractivity contribution in [1.29, 1.82) is 0 Å². The summed E-state index contributed by atoms with van der Waals surface area (Å²) in [6, 6.07) is 12.1. The van der Waals surface area contributed by atoms with Gasteiger partial charge in [0, 0.05) is 30.4 Å². The Labute approximate surface area is 139 Å². The molecule has 6 heteroatoms. The number of nitrogens with one attached hydrogen (secondary N) is 1. The standard InChI is InChI=1S/C17H17ClN4O/c18-16-5-4-12-9-13(20-17(12)21-16)10-22-7-8-23-11-15(22)14-3-1-2-6-19-14/h1-6,9,15H,7-8,10-11H2,(H,20,21)/t15-/m1/s1. The maximum Gasteiger partial charge on any atom is 0.139 e. The molecular weight excluding hydrogens is 312 g/mol. The summed E-state index contributed by atoms with van der Waals surface area (Å²) in [5, 5.41) is 1.58. The number of aromatic nitrogens is 3. The van der Waals surface area contributed by atoms with Crippen LogP contribution in [0.4, 0.5) is 0 Å². The second-order valence-corrected chi connectivity index (χ2v) is 6.07. The van der Waals surface area contributed by atoms with Crippen LogP contribution in [0.3, 0.4) is 0 Å². The van der Waals surface area contributed by atoms with E-state index in [0.29, 0.717) is 11.8 Å². The number of nitrogens with zero attached hydrogens (tertiary/aromatic N) is 3. The summed E-state index contributed by atoms with van der Waals surface area (Å²) < 4.78 is 5.66. The van der Waals surface area contributed by atoms with Gasteiger partial charge in [0.25, 0.3) is 0 Å². The van der Waals surface area contributed by atoms with Gasteiger partial charge in [-0.2, -0.15) is 0 Å². The van der Waals surface area contributed by atoms with Crippen molar-refractivity contribution in [3.05, 3.63) is 59.1 Å². The van der Waals surface area contributed by atoms with Crippen LogP contribution in [0.5, 0.6) is 0 Å². The third-order valence-electron chi connectivity index (χ3n) is 4.14. The van der Waals surface area contributed by atoms with Crippen LogP contribution in [0, 0.1) is 0 Å². The first-order chi connectivity index (χ1) is 11.3. The Kier molecular flexibility index (Phi) is 3.99. The van der Waals surface area contributed by atoms with Gasteiger partial charge in [-0.25, -0.2) is 4.98 Å². The molecule has 0 spiro atoms. The Bertz CT molecular complexity index is 805. The molecular formula is C17H17ClN4O. The van der Waals surface area contributed by atoms with Crippen molar-refractivity contribution < 1.29 is 4.74 Å². The maximum absolute atomic E-state index is 5.96. The summed E-state index contributed by atoms with van der Waals surface area (Å²) in [6.07, 6.45) is 1.83. The lowest BCUT2D eigenvalue weighted by Gasteiger charge is -2.34. The van der Waals surface area contributed by atoms with E-state index in [1.165, 1.54) is 0 Å². The average Bonchev–Trinajstić information content (AvgIpc) is 2.97. The summed E-state index contributed by atoms with van der Waals surface area (Å²) in [7, 11) is 0. The summed E-state index contributed by atoms with van der Waals surface area (Å²) in [6.45, 7) is 3.10. The van der Waals surface area contributed by atoms with Crippen molar-refractivity contribution in [3.63, 3.8) is 0 Å². The topological polar surface area (TPSA) is 54.0 Å². The highest BCUT2D eigenvalue weighted by atomic mass is 35.5. The number of morpholine rings is 1. The van der Waals surface area contributed by atoms with E-state index in [4.69, 9.17) is 16.3 Å². The molecule has 1 atom stereocenters. The van der Waals surface area contributed by atoms with Crippen molar-refractivity contribution in [1.82, 2.24) is 19.9 Å². The highest BCUT2D eigenvalue weighted by Gasteiger charge is 2.26. The van der Waals surface area contributed by atoms with E-state index in [1.54, 1.807) is 0 Å². The molecule has 0 bridgehead atoms. The van der Waals surface area contributed by atoms with Gasteiger partial charge in [-0.3, -0.25) is 9.88 Å². The van der Waals surface area contributed by atoms with Gasteiger partial charge in [-0.15, -0.1) is 0 Å². The average molecular weight is 329 g/mol.